The third-order valence-corrected chi connectivity index (χ3v) is 2.27. The lowest BCUT2D eigenvalue weighted by Gasteiger charge is -2.15. The highest BCUT2D eigenvalue weighted by molar-refractivity contribution is 5.46. The molecule has 19 heavy (non-hydrogen) atoms. The van der Waals surface area contributed by atoms with Gasteiger partial charge in [-0.3, -0.25) is 0 Å². The van der Waals surface area contributed by atoms with Gasteiger partial charge in [0.15, 0.2) is 11.5 Å². The Hall–Kier alpha value is -1.40. The molecular weight excluding hydrogens is 256 g/mol. The molecule has 0 bridgehead atoms. The standard InChI is InChI=1S/C13H19F2NO3/c1-9(2)8-18-16-7-10-5-4-6-11(17-3)12(10)19-13(14)15/h4-6,9,13,16H,7-8H2,1-3H3. The summed E-state index contributed by atoms with van der Waals surface area (Å²) in [6.07, 6.45) is 0. The average Bonchev–Trinajstić information content (AvgIpc) is 2.35. The van der Waals surface area contributed by atoms with E-state index in [-0.39, 0.29) is 18.0 Å². The van der Waals surface area contributed by atoms with Crippen molar-refractivity contribution in [1.82, 2.24) is 5.48 Å². The molecule has 1 rings (SSSR count). The van der Waals surface area contributed by atoms with Crippen molar-refractivity contribution >= 4 is 0 Å². The van der Waals surface area contributed by atoms with Gasteiger partial charge in [0.05, 0.1) is 13.7 Å². The van der Waals surface area contributed by atoms with Gasteiger partial charge in [-0.2, -0.15) is 14.3 Å². The summed E-state index contributed by atoms with van der Waals surface area (Å²) in [6, 6.07) is 4.94. The summed E-state index contributed by atoms with van der Waals surface area (Å²) in [5, 5.41) is 0. The molecule has 0 saturated carbocycles. The zero-order valence-corrected chi connectivity index (χ0v) is 11.3. The Morgan fingerprint density at radius 3 is 2.58 bits per heavy atom. The largest absolute Gasteiger partial charge is 0.493 e. The van der Waals surface area contributed by atoms with E-state index in [9.17, 15) is 8.78 Å². The Kier molecular flexibility index (Phi) is 6.52. The molecule has 0 atom stereocenters. The number of methoxy groups -OCH3 is 1. The van der Waals surface area contributed by atoms with Gasteiger partial charge in [0, 0.05) is 12.1 Å². The molecule has 0 amide bonds. The number of hydroxylamine groups is 1. The number of ether oxygens (including phenoxy) is 2. The van der Waals surface area contributed by atoms with Crippen LogP contribution < -0.4 is 15.0 Å². The highest BCUT2D eigenvalue weighted by Crippen LogP contribution is 2.32. The first-order valence-electron chi connectivity index (χ1n) is 6.00. The molecule has 108 valence electrons. The molecular formula is C13H19F2NO3. The number of nitrogens with one attached hydrogen (secondary N) is 1. The minimum atomic E-state index is -2.90. The Balaban J connectivity index is 2.70. The molecule has 0 heterocycles. The number of rotatable bonds is 8. The van der Waals surface area contributed by atoms with Crippen LogP contribution in [0.15, 0.2) is 18.2 Å². The molecule has 0 aliphatic rings. The van der Waals surface area contributed by atoms with Crippen LogP contribution in [0, 0.1) is 5.92 Å². The Bertz CT molecular complexity index is 386. The number of hydrogen-bond acceptors (Lipinski definition) is 4. The van der Waals surface area contributed by atoms with Crippen LogP contribution >= 0.6 is 0 Å². The number of benzene rings is 1. The van der Waals surface area contributed by atoms with Crippen LogP contribution in [0.3, 0.4) is 0 Å². The summed E-state index contributed by atoms with van der Waals surface area (Å²) in [4.78, 5) is 5.20. The average molecular weight is 275 g/mol. The second kappa shape index (κ2) is 7.91. The van der Waals surface area contributed by atoms with Crippen molar-refractivity contribution in [3.63, 3.8) is 0 Å². The fourth-order valence-corrected chi connectivity index (χ4v) is 1.44. The van der Waals surface area contributed by atoms with E-state index in [4.69, 9.17) is 9.57 Å². The molecule has 1 N–H and O–H groups in total. The molecule has 1 aromatic rings. The molecule has 0 spiro atoms. The van der Waals surface area contributed by atoms with E-state index in [1.807, 2.05) is 13.8 Å². The topological polar surface area (TPSA) is 39.7 Å². The van der Waals surface area contributed by atoms with Gasteiger partial charge in [0.25, 0.3) is 0 Å². The molecule has 0 aliphatic heterocycles. The van der Waals surface area contributed by atoms with Crippen LogP contribution in [-0.2, 0) is 11.4 Å². The fraction of sp³-hybridized carbons (Fsp3) is 0.538. The van der Waals surface area contributed by atoms with E-state index in [2.05, 4.69) is 10.2 Å². The number of para-hydroxylation sites is 1. The smallest absolute Gasteiger partial charge is 0.387 e. The quantitative estimate of drug-likeness (QED) is 0.585. The van der Waals surface area contributed by atoms with Crippen LogP contribution in [0.25, 0.3) is 0 Å². The molecule has 0 aromatic heterocycles. The summed E-state index contributed by atoms with van der Waals surface area (Å²) in [6.45, 7) is 1.92. The first kappa shape index (κ1) is 15.7. The van der Waals surface area contributed by atoms with Crippen molar-refractivity contribution in [3.05, 3.63) is 23.8 Å². The van der Waals surface area contributed by atoms with Crippen molar-refractivity contribution in [2.24, 2.45) is 5.92 Å². The van der Waals surface area contributed by atoms with Gasteiger partial charge >= 0.3 is 6.61 Å². The predicted octanol–water partition coefficient (Wildman–Crippen LogP) is 2.97. The molecule has 1 aromatic carbocycles. The van der Waals surface area contributed by atoms with Crippen LogP contribution in [0.5, 0.6) is 11.5 Å². The van der Waals surface area contributed by atoms with E-state index >= 15 is 0 Å². The van der Waals surface area contributed by atoms with Gasteiger partial charge in [-0.05, 0) is 12.0 Å². The molecule has 0 fully saturated rings. The van der Waals surface area contributed by atoms with E-state index in [0.717, 1.165) is 0 Å². The van der Waals surface area contributed by atoms with Crippen molar-refractivity contribution in [1.29, 1.82) is 0 Å². The minimum Gasteiger partial charge on any atom is -0.493 e. The first-order chi connectivity index (χ1) is 9.04. The zero-order valence-electron chi connectivity index (χ0n) is 11.3. The monoisotopic (exact) mass is 275 g/mol. The van der Waals surface area contributed by atoms with E-state index in [1.165, 1.54) is 7.11 Å². The lowest BCUT2D eigenvalue weighted by molar-refractivity contribution is -0.0526. The summed E-state index contributed by atoms with van der Waals surface area (Å²) in [5.74, 6) is 0.679. The van der Waals surface area contributed by atoms with Crippen molar-refractivity contribution in [3.8, 4) is 11.5 Å². The lowest BCUT2D eigenvalue weighted by atomic mass is 10.2. The SMILES string of the molecule is COc1cccc(CNOCC(C)C)c1OC(F)F. The summed E-state index contributed by atoms with van der Waals surface area (Å²) in [7, 11) is 1.40. The number of halogens is 2. The molecule has 4 nitrogen and oxygen atoms in total. The molecule has 0 unspecified atom stereocenters. The van der Waals surface area contributed by atoms with Gasteiger partial charge in [-0.25, -0.2) is 0 Å². The van der Waals surface area contributed by atoms with Crippen molar-refractivity contribution in [2.45, 2.75) is 27.0 Å². The van der Waals surface area contributed by atoms with Crippen molar-refractivity contribution < 1.29 is 23.1 Å². The van der Waals surface area contributed by atoms with Crippen LogP contribution in [-0.4, -0.2) is 20.3 Å². The Morgan fingerprint density at radius 2 is 2.00 bits per heavy atom. The van der Waals surface area contributed by atoms with Crippen LogP contribution in [0.2, 0.25) is 0 Å². The normalized spacial score (nSPS) is 11.1. The molecule has 0 aliphatic carbocycles. The van der Waals surface area contributed by atoms with Gasteiger partial charge in [0.2, 0.25) is 0 Å². The summed E-state index contributed by atoms with van der Waals surface area (Å²) < 4.78 is 34.3. The summed E-state index contributed by atoms with van der Waals surface area (Å²) >= 11 is 0. The maximum Gasteiger partial charge on any atom is 0.387 e. The maximum atomic E-state index is 12.4. The highest BCUT2D eigenvalue weighted by Gasteiger charge is 2.15. The second-order valence-corrected chi connectivity index (χ2v) is 4.35. The molecule has 0 radical (unpaired) electrons. The van der Waals surface area contributed by atoms with Gasteiger partial charge < -0.3 is 14.3 Å². The Labute approximate surface area is 111 Å². The third kappa shape index (κ3) is 5.40. The van der Waals surface area contributed by atoms with Crippen LogP contribution in [0.1, 0.15) is 19.4 Å². The van der Waals surface area contributed by atoms with E-state index in [0.29, 0.717) is 18.1 Å². The predicted molar refractivity (Wildman–Crippen MR) is 67.3 cm³/mol. The fourth-order valence-electron chi connectivity index (χ4n) is 1.44. The minimum absolute atomic E-state index is 0.0284. The molecule has 0 saturated heterocycles. The number of alkyl halides is 2. The van der Waals surface area contributed by atoms with Crippen molar-refractivity contribution in [2.75, 3.05) is 13.7 Å². The Morgan fingerprint density at radius 1 is 1.26 bits per heavy atom. The zero-order chi connectivity index (χ0) is 14.3. The lowest BCUT2D eigenvalue weighted by Crippen LogP contribution is -2.18. The third-order valence-electron chi connectivity index (χ3n) is 2.27. The van der Waals surface area contributed by atoms with E-state index < -0.39 is 6.61 Å². The van der Waals surface area contributed by atoms with Crippen LogP contribution in [0.4, 0.5) is 8.78 Å². The summed E-state index contributed by atoms with van der Waals surface area (Å²) in [5.41, 5.74) is 3.26. The van der Waals surface area contributed by atoms with Gasteiger partial charge in [0.1, 0.15) is 0 Å². The second-order valence-electron chi connectivity index (χ2n) is 4.35. The highest BCUT2D eigenvalue weighted by atomic mass is 19.3. The first-order valence-corrected chi connectivity index (χ1v) is 6.00. The van der Waals surface area contributed by atoms with Gasteiger partial charge in [-0.15, -0.1) is 0 Å². The number of hydrogen-bond donors (Lipinski definition) is 1. The van der Waals surface area contributed by atoms with E-state index in [1.54, 1.807) is 18.2 Å². The molecule has 6 heteroatoms. The van der Waals surface area contributed by atoms with Gasteiger partial charge in [-0.1, -0.05) is 26.0 Å². The maximum absolute atomic E-state index is 12.4.